The number of nitriles is 1. The summed E-state index contributed by atoms with van der Waals surface area (Å²) in [6, 6.07) is 6.81. The molecule has 0 bridgehead atoms. The molecule has 0 aliphatic rings. The molecule has 1 aromatic heterocycles. The van der Waals surface area contributed by atoms with Crippen molar-refractivity contribution in [3.63, 3.8) is 0 Å². The zero-order valence-electron chi connectivity index (χ0n) is 8.53. The van der Waals surface area contributed by atoms with Crippen LogP contribution in [0.5, 0.6) is 0 Å². The molecule has 2 aromatic rings. The second kappa shape index (κ2) is 3.88. The molecular formula is C12H7N3O. The van der Waals surface area contributed by atoms with Crippen LogP contribution in [0.25, 0.3) is 10.9 Å². The minimum atomic E-state index is -0.192. The van der Waals surface area contributed by atoms with Gasteiger partial charge in [0.1, 0.15) is 5.82 Å². The Kier molecular flexibility index (Phi) is 2.41. The summed E-state index contributed by atoms with van der Waals surface area (Å²) in [5.74, 6) is 5.50. The predicted molar refractivity (Wildman–Crippen MR) is 59.6 cm³/mol. The third kappa shape index (κ3) is 1.77. The topological polar surface area (TPSA) is 69.5 Å². The molecule has 0 fully saturated rings. The van der Waals surface area contributed by atoms with Gasteiger partial charge in [0.05, 0.1) is 10.9 Å². The van der Waals surface area contributed by atoms with Gasteiger partial charge in [0, 0.05) is 11.5 Å². The average molecular weight is 209 g/mol. The van der Waals surface area contributed by atoms with Gasteiger partial charge in [0.15, 0.2) is 6.07 Å². The number of aromatic amines is 1. The number of hydrogen-bond acceptors (Lipinski definition) is 3. The van der Waals surface area contributed by atoms with E-state index in [0.717, 1.165) is 0 Å². The monoisotopic (exact) mass is 209 g/mol. The fraction of sp³-hybridized carbons (Fsp3) is 0.0833. The van der Waals surface area contributed by atoms with Crippen molar-refractivity contribution in [1.82, 2.24) is 9.97 Å². The Morgan fingerprint density at radius 1 is 1.44 bits per heavy atom. The quantitative estimate of drug-likeness (QED) is 0.660. The second-order valence-electron chi connectivity index (χ2n) is 3.25. The zero-order chi connectivity index (χ0) is 11.5. The Morgan fingerprint density at radius 3 is 3.00 bits per heavy atom. The average Bonchev–Trinajstić information content (AvgIpc) is 2.26. The van der Waals surface area contributed by atoms with E-state index < -0.39 is 0 Å². The van der Waals surface area contributed by atoms with E-state index >= 15 is 0 Å². The van der Waals surface area contributed by atoms with E-state index in [2.05, 4.69) is 21.8 Å². The highest BCUT2D eigenvalue weighted by Crippen LogP contribution is 2.09. The summed E-state index contributed by atoms with van der Waals surface area (Å²) in [7, 11) is 0. The maximum absolute atomic E-state index is 11.6. The number of rotatable bonds is 0. The third-order valence-corrected chi connectivity index (χ3v) is 2.09. The molecule has 0 aliphatic carbocycles. The standard InChI is InChI=1S/C12H7N3O/c1-8-14-11-5-4-9(3-2-6-13)7-10(11)12(16)15-8/h4-5,7H,1H3,(H,14,15,16). The third-order valence-electron chi connectivity index (χ3n) is 2.09. The lowest BCUT2D eigenvalue weighted by molar-refractivity contribution is 1.06. The maximum Gasteiger partial charge on any atom is 0.258 e. The molecule has 1 N–H and O–H groups in total. The second-order valence-corrected chi connectivity index (χ2v) is 3.25. The van der Waals surface area contributed by atoms with Crippen LogP contribution in [0.1, 0.15) is 11.4 Å². The molecule has 2 rings (SSSR count). The first kappa shape index (κ1) is 9.95. The Bertz CT molecular complexity index is 711. The SMILES string of the molecule is Cc1nc2ccc(C#CC#N)cc2c(=O)[nH]1. The van der Waals surface area contributed by atoms with Crippen LogP contribution in [0.2, 0.25) is 0 Å². The lowest BCUT2D eigenvalue weighted by atomic mass is 10.1. The Morgan fingerprint density at radius 2 is 2.25 bits per heavy atom. The molecule has 16 heavy (non-hydrogen) atoms. The van der Waals surface area contributed by atoms with Gasteiger partial charge in [-0.15, -0.1) is 0 Å². The maximum atomic E-state index is 11.6. The minimum Gasteiger partial charge on any atom is -0.310 e. The molecule has 0 unspecified atom stereocenters. The molecule has 1 aromatic carbocycles. The van der Waals surface area contributed by atoms with Crippen molar-refractivity contribution in [2.45, 2.75) is 6.92 Å². The molecule has 0 radical (unpaired) electrons. The lowest BCUT2D eigenvalue weighted by Gasteiger charge is -1.98. The summed E-state index contributed by atoms with van der Waals surface area (Å²) in [5.41, 5.74) is 1.07. The Balaban J connectivity index is 2.73. The van der Waals surface area contributed by atoms with E-state index in [0.29, 0.717) is 22.3 Å². The van der Waals surface area contributed by atoms with Gasteiger partial charge in [-0.1, -0.05) is 5.92 Å². The number of aromatic nitrogens is 2. The van der Waals surface area contributed by atoms with Crippen LogP contribution in [0.3, 0.4) is 0 Å². The molecule has 1 heterocycles. The summed E-state index contributed by atoms with van der Waals surface area (Å²) in [6.07, 6.45) is 0. The van der Waals surface area contributed by atoms with Crippen LogP contribution in [-0.4, -0.2) is 9.97 Å². The first-order valence-electron chi connectivity index (χ1n) is 4.61. The number of nitrogens with one attached hydrogen (secondary N) is 1. The number of H-pyrrole nitrogens is 1. The van der Waals surface area contributed by atoms with Crippen LogP contribution < -0.4 is 5.56 Å². The highest BCUT2D eigenvalue weighted by molar-refractivity contribution is 5.79. The van der Waals surface area contributed by atoms with Gasteiger partial charge in [0.2, 0.25) is 0 Å². The van der Waals surface area contributed by atoms with Gasteiger partial charge in [-0.3, -0.25) is 4.79 Å². The fourth-order valence-corrected chi connectivity index (χ4v) is 1.43. The highest BCUT2D eigenvalue weighted by atomic mass is 16.1. The van der Waals surface area contributed by atoms with Crippen molar-refractivity contribution >= 4 is 10.9 Å². The number of fused-ring (bicyclic) bond motifs is 1. The van der Waals surface area contributed by atoms with E-state index in [1.165, 1.54) is 0 Å². The summed E-state index contributed by atoms with van der Waals surface area (Å²) in [6.45, 7) is 1.73. The van der Waals surface area contributed by atoms with E-state index in [1.54, 1.807) is 31.2 Å². The molecular weight excluding hydrogens is 202 g/mol. The summed E-state index contributed by atoms with van der Waals surface area (Å²) < 4.78 is 0. The number of hydrogen-bond donors (Lipinski definition) is 1. The molecule has 0 spiro atoms. The molecule has 4 nitrogen and oxygen atoms in total. The molecule has 4 heteroatoms. The van der Waals surface area contributed by atoms with Crippen molar-refractivity contribution in [3.05, 3.63) is 39.9 Å². The normalized spacial score (nSPS) is 9.25. The number of nitrogens with zero attached hydrogens (tertiary/aromatic N) is 2. The summed E-state index contributed by atoms with van der Waals surface area (Å²) >= 11 is 0. The van der Waals surface area contributed by atoms with Gasteiger partial charge in [-0.05, 0) is 25.1 Å². The molecule has 0 atom stereocenters. The lowest BCUT2D eigenvalue weighted by Crippen LogP contribution is -2.09. The van der Waals surface area contributed by atoms with Crippen molar-refractivity contribution in [2.75, 3.05) is 0 Å². The van der Waals surface area contributed by atoms with E-state index in [4.69, 9.17) is 5.26 Å². The van der Waals surface area contributed by atoms with Crippen LogP contribution >= 0.6 is 0 Å². The molecule has 76 valence electrons. The van der Waals surface area contributed by atoms with Crippen LogP contribution in [0.4, 0.5) is 0 Å². The Hall–Kier alpha value is -2.59. The van der Waals surface area contributed by atoms with Crippen molar-refractivity contribution in [3.8, 4) is 17.9 Å². The predicted octanol–water partition coefficient (Wildman–Crippen LogP) is 1.11. The molecule has 0 saturated heterocycles. The number of benzene rings is 1. The Labute approximate surface area is 91.6 Å². The highest BCUT2D eigenvalue weighted by Gasteiger charge is 2.01. The van der Waals surface area contributed by atoms with E-state index in [9.17, 15) is 4.79 Å². The smallest absolute Gasteiger partial charge is 0.258 e. The van der Waals surface area contributed by atoms with E-state index in [-0.39, 0.29) is 5.56 Å². The molecule has 0 saturated carbocycles. The molecule has 0 aliphatic heterocycles. The van der Waals surface area contributed by atoms with Gasteiger partial charge < -0.3 is 4.98 Å². The van der Waals surface area contributed by atoms with Crippen LogP contribution in [-0.2, 0) is 0 Å². The van der Waals surface area contributed by atoms with Gasteiger partial charge in [-0.2, -0.15) is 5.26 Å². The van der Waals surface area contributed by atoms with Crippen molar-refractivity contribution in [1.29, 1.82) is 5.26 Å². The minimum absolute atomic E-state index is 0.192. The first-order valence-corrected chi connectivity index (χ1v) is 4.61. The van der Waals surface area contributed by atoms with Crippen molar-refractivity contribution in [2.24, 2.45) is 0 Å². The van der Waals surface area contributed by atoms with Crippen LogP contribution in [0, 0.1) is 30.1 Å². The van der Waals surface area contributed by atoms with Gasteiger partial charge >= 0.3 is 0 Å². The largest absolute Gasteiger partial charge is 0.310 e. The first-order chi connectivity index (χ1) is 7.70. The summed E-state index contributed by atoms with van der Waals surface area (Å²) in [5, 5.41) is 8.81. The van der Waals surface area contributed by atoms with Crippen LogP contribution in [0.15, 0.2) is 23.0 Å². The van der Waals surface area contributed by atoms with Crippen molar-refractivity contribution < 1.29 is 0 Å². The zero-order valence-corrected chi connectivity index (χ0v) is 8.53. The van der Waals surface area contributed by atoms with Gasteiger partial charge in [0.25, 0.3) is 5.56 Å². The van der Waals surface area contributed by atoms with E-state index in [1.807, 2.05) is 0 Å². The number of aryl methyl sites for hydroxylation is 1. The fourth-order valence-electron chi connectivity index (χ4n) is 1.43. The summed E-state index contributed by atoms with van der Waals surface area (Å²) in [4.78, 5) is 18.4. The van der Waals surface area contributed by atoms with Gasteiger partial charge in [-0.25, -0.2) is 4.98 Å². The molecule has 0 amide bonds.